The Hall–Kier alpha value is -2.95. The summed E-state index contributed by atoms with van der Waals surface area (Å²) in [6.45, 7) is 0. The van der Waals surface area contributed by atoms with Crippen LogP contribution in [0.15, 0.2) is 65.2 Å². The Labute approximate surface area is 115 Å². The minimum Gasteiger partial charge on any atom is -0.446 e. The van der Waals surface area contributed by atoms with Crippen molar-refractivity contribution < 1.29 is 14.0 Å². The molecule has 100 valence electrons. The number of nitrogens with two attached hydrogens (primary N) is 1. The number of nitrogen functional groups attached to an aromatic ring is 1. The Morgan fingerprint density at radius 1 is 0.800 bits per heavy atom. The van der Waals surface area contributed by atoms with Crippen molar-refractivity contribution in [2.24, 2.45) is 0 Å². The van der Waals surface area contributed by atoms with Crippen molar-refractivity contribution >= 4 is 5.82 Å². The number of benzene rings is 2. The molecule has 0 aliphatic rings. The second-order valence-electron chi connectivity index (χ2n) is 4.01. The van der Waals surface area contributed by atoms with Gasteiger partial charge in [-0.1, -0.05) is 41.6 Å². The first kappa shape index (κ1) is 12.1. The lowest BCUT2D eigenvalue weighted by Gasteiger charge is -2.06. The number of hydrogen-bond donors (Lipinski definition) is 1. The Morgan fingerprint density at radius 3 is 1.95 bits per heavy atom. The summed E-state index contributed by atoms with van der Waals surface area (Å²) in [7, 11) is 0. The van der Waals surface area contributed by atoms with Crippen LogP contribution in [0, 0.1) is 0 Å². The summed E-state index contributed by atoms with van der Waals surface area (Å²) in [5.74, 6) is 1.76. The first-order chi connectivity index (χ1) is 9.83. The zero-order valence-electron chi connectivity index (χ0n) is 10.5. The molecule has 0 saturated heterocycles. The molecule has 1 heterocycles. The average Bonchev–Trinajstić information content (AvgIpc) is 2.83. The van der Waals surface area contributed by atoms with Crippen molar-refractivity contribution in [3.05, 3.63) is 60.7 Å². The normalized spacial score (nSPS) is 10.2. The van der Waals surface area contributed by atoms with Gasteiger partial charge in [-0.3, -0.25) is 0 Å². The topological polar surface area (TPSA) is 70.5 Å². The molecule has 5 nitrogen and oxygen atoms in total. The lowest BCUT2D eigenvalue weighted by molar-refractivity contribution is 0.279. The minimum absolute atomic E-state index is 0.123. The van der Waals surface area contributed by atoms with Crippen molar-refractivity contribution in [3.63, 3.8) is 0 Å². The van der Waals surface area contributed by atoms with E-state index in [-0.39, 0.29) is 17.5 Å². The maximum absolute atomic E-state index is 5.73. The molecule has 0 atom stereocenters. The van der Waals surface area contributed by atoms with Gasteiger partial charge in [-0.25, -0.2) is 0 Å². The van der Waals surface area contributed by atoms with E-state index in [2.05, 4.69) is 5.16 Å². The van der Waals surface area contributed by atoms with Crippen LogP contribution in [0.2, 0.25) is 0 Å². The van der Waals surface area contributed by atoms with Gasteiger partial charge < -0.3 is 19.7 Å². The van der Waals surface area contributed by atoms with Gasteiger partial charge in [-0.05, 0) is 24.3 Å². The number of anilines is 1. The minimum atomic E-state index is 0.123. The third-order valence-corrected chi connectivity index (χ3v) is 2.56. The molecule has 0 aliphatic heterocycles. The molecular formula is C15H12N2O3. The molecule has 0 aliphatic carbocycles. The predicted octanol–water partition coefficient (Wildman–Crippen LogP) is 3.84. The van der Waals surface area contributed by atoms with Gasteiger partial charge in [0.05, 0.1) is 0 Å². The Balaban J connectivity index is 1.86. The first-order valence-corrected chi connectivity index (χ1v) is 6.04. The third-order valence-electron chi connectivity index (χ3n) is 2.56. The SMILES string of the molecule is Nc1noc(Oc2ccccc2)c1Oc1ccccc1. The predicted molar refractivity (Wildman–Crippen MR) is 73.9 cm³/mol. The monoisotopic (exact) mass is 268 g/mol. The summed E-state index contributed by atoms with van der Waals surface area (Å²) < 4.78 is 16.3. The van der Waals surface area contributed by atoms with Crippen molar-refractivity contribution in [2.75, 3.05) is 5.73 Å². The molecule has 5 heteroatoms. The van der Waals surface area contributed by atoms with Gasteiger partial charge in [0.25, 0.3) is 5.75 Å². The standard InChI is InChI=1S/C15H12N2O3/c16-14-13(18-11-7-3-1-4-8-11)15(20-17-14)19-12-9-5-2-6-10-12/h1-10H,(H2,16,17). The maximum atomic E-state index is 5.73. The van der Waals surface area contributed by atoms with Gasteiger partial charge >= 0.3 is 5.95 Å². The van der Waals surface area contributed by atoms with Crippen molar-refractivity contribution in [1.29, 1.82) is 0 Å². The van der Waals surface area contributed by atoms with Crippen LogP contribution in [0.25, 0.3) is 0 Å². The van der Waals surface area contributed by atoms with E-state index in [1.54, 1.807) is 24.3 Å². The van der Waals surface area contributed by atoms with Crippen LogP contribution in [0.4, 0.5) is 5.82 Å². The molecule has 1 aromatic heterocycles. The van der Waals surface area contributed by atoms with Crippen molar-refractivity contribution in [1.82, 2.24) is 5.16 Å². The Bertz CT molecular complexity index is 681. The highest BCUT2D eigenvalue weighted by Gasteiger charge is 2.18. The summed E-state index contributed by atoms with van der Waals surface area (Å²) in [6.07, 6.45) is 0. The number of hydrogen-bond acceptors (Lipinski definition) is 5. The number of para-hydroxylation sites is 2. The summed E-state index contributed by atoms with van der Waals surface area (Å²) in [4.78, 5) is 0. The summed E-state index contributed by atoms with van der Waals surface area (Å²) in [5, 5.41) is 3.66. The van der Waals surface area contributed by atoms with Crippen LogP contribution in [-0.4, -0.2) is 5.16 Å². The molecule has 2 N–H and O–H groups in total. The Morgan fingerprint density at radius 2 is 1.35 bits per heavy atom. The molecule has 0 spiro atoms. The molecule has 3 rings (SSSR count). The fraction of sp³-hybridized carbons (Fsp3) is 0. The molecule has 0 bridgehead atoms. The lowest BCUT2D eigenvalue weighted by atomic mass is 10.3. The molecule has 2 aromatic carbocycles. The van der Waals surface area contributed by atoms with Crippen LogP contribution in [-0.2, 0) is 0 Å². The molecule has 0 saturated carbocycles. The van der Waals surface area contributed by atoms with Crippen LogP contribution in [0.3, 0.4) is 0 Å². The highest BCUT2D eigenvalue weighted by Crippen LogP contribution is 2.39. The smallest absolute Gasteiger partial charge is 0.362 e. The molecular weight excluding hydrogens is 256 g/mol. The second-order valence-corrected chi connectivity index (χ2v) is 4.01. The first-order valence-electron chi connectivity index (χ1n) is 6.04. The summed E-state index contributed by atoms with van der Waals surface area (Å²) in [5.41, 5.74) is 5.73. The highest BCUT2D eigenvalue weighted by molar-refractivity contribution is 5.53. The van der Waals surface area contributed by atoms with E-state index < -0.39 is 0 Å². The van der Waals surface area contributed by atoms with Gasteiger partial charge in [0.1, 0.15) is 11.5 Å². The van der Waals surface area contributed by atoms with E-state index in [0.717, 1.165) is 0 Å². The number of aromatic nitrogens is 1. The molecule has 0 fully saturated rings. The quantitative estimate of drug-likeness (QED) is 0.778. The van der Waals surface area contributed by atoms with Crippen LogP contribution in [0.1, 0.15) is 0 Å². The molecule has 0 radical (unpaired) electrons. The van der Waals surface area contributed by atoms with Gasteiger partial charge in [0.15, 0.2) is 0 Å². The second kappa shape index (κ2) is 5.36. The van der Waals surface area contributed by atoms with E-state index in [4.69, 9.17) is 19.7 Å². The number of nitrogens with zero attached hydrogens (tertiary/aromatic N) is 1. The number of rotatable bonds is 4. The van der Waals surface area contributed by atoms with Gasteiger partial charge in [-0.15, -0.1) is 0 Å². The molecule has 0 amide bonds. The van der Waals surface area contributed by atoms with E-state index in [9.17, 15) is 0 Å². The summed E-state index contributed by atoms with van der Waals surface area (Å²) >= 11 is 0. The molecule has 3 aromatic rings. The van der Waals surface area contributed by atoms with Crippen LogP contribution < -0.4 is 15.2 Å². The van der Waals surface area contributed by atoms with E-state index >= 15 is 0 Å². The lowest BCUT2D eigenvalue weighted by Crippen LogP contribution is -1.91. The van der Waals surface area contributed by atoms with Gasteiger partial charge in [-0.2, -0.15) is 0 Å². The van der Waals surface area contributed by atoms with Crippen molar-refractivity contribution in [2.45, 2.75) is 0 Å². The third kappa shape index (κ3) is 2.56. The van der Waals surface area contributed by atoms with E-state index in [0.29, 0.717) is 11.5 Å². The van der Waals surface area contributed by atoms with Gasteiger partial charge in [0.2, 0.25) is 5.82 Å². The Kier molecular flexibility index (Phi) is 3.24. The van der Waals surface area contributed by atoms with Crippen molar-refractivity contribution in [3.8, 4) is 23.2 Å². The fourth-order valence-electron chi connectivity index (χ4n) is 1.64. The summed E-state index contributed by atoms with van der Waals surface area (Å²) in [6, 6.07) is 18.4. The highest BCUT2D eigenvalue weighted by atomic mass is 16.6. The zero-order valence-corrected chi connectivity index (χ0v) is 10.5. The van der Waals surface area contributed by atoms with Crippen LogP contribution in [0.5, 0.6) is 23.2 Å². The average molecular weight is 268 g/mol. The van der Waals surface area contributed by atoms with E-state index in [1.165, 1.54) is 0 Å². The van der Waals surface area contributed by atoms with E-state index in [1.807, 2.05) is 36.4 Å². The van der Waals surface area contributed by atoms with Crippen LogP contribution >= 0.6 is 0 Å². The zero-order chi connectivity index (χ0) is 13.8. The fourth-order valence-corrected chi connectivity index (χ4v) is 1.64. The maximum Gasteiger partial charge on any atom is 0.362 e. The largest absolute Gasteiger partial charge is 0.446 e. The number of ether oxygens (including phenoxy) is 2. The molecule has 20 heavy (non-hydrogen) atoms. The van der Waals surface area contributed by atoms with Gasteiger partial charge in [0, 0.05) is 0 Å². The molecule has 0 unspecified atom stereocenters.